The van der Waals surface area contributed by atoms with Crippen molar-refractivity contribution in [3.05, 3.63) is 42.0 Å². The Morgan fingerprint density at radius 1 is 1.33 bits per heavy atom. The predicted molar refractivity (Wildman–Crippen MR) is 74.6 cm³/mol. The van der Waals surface area contributed by atoms with Crippen molar-refractivity contribution < 1.29 is 9.32 Å². The van der Waals surface area contributed by atoms with Crippen molar-refractivity contribution in [3.63, 3.8) is 0 Å². The van der Waals surface area contributed by atoms with Crippen molar-refractivity contribution in [2.24, 2.45) is 0 Å². The summed E-state index contributed by atoms with van der Waals surface area (Å²) in [5.74, 6) is 0. The van der Waals surface area contributed by atoms with Gasteiger partial charge in [-0.1, -0.05) is 30.9 Å². The minimum absolute atomic E-state index is 0.182. The number of aliphatic hydroxyl groups is 1. The van der Waals surface area contributed by atoms with Crippen LogP contribution >= 0.6 is 0 Å². The molecule has 2 bridgehead atoms. The largest absolute Gasteiger partial charge is 0.385 e. The monoisotopic (exact) mass is 262 g/mol. The Hall–Kier alpha value is -0.930. The molecule has 0 amide bonds. The Kier molecular flexibility index (Phi) is 2.91. The highest BCUT2D eigenvalue weighted by molar-refractivity contribution is 7.86. The van der Waals surface area contributed by atoms with E-state index in [4.69, 9.17) is 0 Å². The summed E-state index contributed by atoms with van der Waals surface area (Å²) < 4.78 is 12.0. The van der Waals surface area contributed by atoms with Crippen molar-refractivity contribution in [1.29, 1.82) is 0 Å². The maximum absolute atomic E-state index is 12.0. The zero-order chi connectivity index (χ0) is 12.8. The van der Waals surface area contributed by atoms with Gasteiger partial charge in [-0.3, -0.25) is 4.21 Å². The van der Waals surface area contributed by atoms with Crippen molar-refractivity contribution >= 4 is 16.9 Å². The first-order valence-electron chi connectivity index (χ1n) is 6.47. The van der Waals surface area contributed by atoms with Gasteiger partial charge in [0.2, 0.25) is 0 Å². The fraction of sp³-hybridized carbons (Fsp3) is 0.467. The van der Waals surface area contributed by atoms with Gasteiger partial charge in [0.25, 0.3) is 0 Å². The van der Waals surface area contributed by atoms with Crippen LogP contribution in [0.25, 0.3) is 6.08 Å². The SMILES string of the molecule is C=Cc1cccc(C2(O)CC3CCC(C2)S3=O)c1. The summed E-state index contributed by atoms with van der Waals surface area (Å²) in [6.45, 7) is 3.76. The molecule has 3 rings (SSSR count). The summed E-state index contributed by atoms with van der Waals surface area (Å²) in [6.07, 6.45) is 5.07. The normalized spacial score (nSPS) is 38.6. The molecular formula is C15H18O2S. The number of fused-ring (bicyclic) bond motifs is 2. The highest BCUT2D eigenvalue weighted by atomic mass is 32.2. The van der Waals surface area contributed by atoms with Crippen molar-refractivity contribution in [3.8, 4) is 0 Å². The molecule has 96 valence electrons. The van der Waals surface area contributed by atoms with Gasteiger partial charge in [0.15, 0.2) is 0 Å². The van der Waals surface area contributed by atoms with Crippen LogP contribution in [0.1, 0.15) is 36.8 Å². The Morgan fingerprint density at radius 3 is 2.61 bits per heavy atom. The minimum atomic E-state index is -0.793. The zero-order valence-corrected chi connectivity index (χ0v) is 11.2. The number of hydrogen-bond donors (Lipinski definition) is 1. The summed E-state index contributed by atoms with van der Waals surface area (Å²) in [6, 6.07) is 7.91. The molecule has 2 nitrogen and oxygen atoms in total. The third kappa shape index (κ3) is 1.86. The second-order valence-electron chi connectivity index (χ2n) is 5.42. The molecule has 2 saturated heterocycles. The second kappa shape index (κ2) is 4.32. The molecule has 0 aliphatic carbocycles. The van der Waals surface area contributed by atoms with E-state index in [1.807, 2.05) is 24.3 Å². The molecule has 2 aliphatic rings. The van der Waals surface area contributed by atoms with Crippen LogP contribution in [-0.4, -0.2) is 19.8 Å². The molecule has 0 saturated carbocycles. The molecular weight excluding hydrogens is 244 g/mol. The fourth-order valence-electron chi connectivity index (χ4n) is 3.27. The van der Waals surface area contributed by atoms with Gasteiger partial charge in [0.1, 0.15) is 0 Å². The molecule has 2 unspecified atom stereocenters. The molecule has 2 fully saturated rings. The maximum atomic E-state index is 12.0. The lowest BCUT2D eigenvalue weighted by Gasteiger charge is -2.36. The molecule has 2 aliphatic heterocycles. The average Bonchev–Trinajstić information content (AvgIpc) is 2.63. The van der Waals surface area contributed by atoms with Crippen LogP contribution in [0.15, 0.2) is 30.8 Å². The van der Waals surface area contributed by atoms with Crippen LogP contribution in [-0.2, 0) is 16.4 Å². The quantitative estimate of drug-likeness (QED) is 0.889. The smallest absolute Gasteiger partial charge is 0.0919 e. The molecule has 1 aromatic carbocycles. The maximum Gasteiger partial charge on any atom is 0.0919 e. The van der Waals surface area contributed by atoms with Gasteiger partial charge in [0, 0.05) is 21.3 Å². The van der Waals surface area contributed by atoms with Crippen molar-refractivity contribution in [2.45, 2.75) is 41.8 Å². The van der Waals surface area contributed by atoms with Crippen LogP contribution in [0, 0.1) is 0 Å². The highest BCUT2D eigenvalue weighted by Gasteiger charge is 2.48. The minimum Gasteiger partial charge on any atom is -0.385 e. The van der Waals surface area contributed by atoms with E-state index in [2.05, 4.69) is 6.58 Å². The van der Waals surface area contributed by atoms with Crippen LogP contribution < -0.4 is 0 Å². The summed E-state index contributed by atoms with van der Waals surface area (Å²) in [7, 11) is -0.726. The van der Waals surface area contributed by atoms with E-state index in [-0.39, 0.29) is 10.5 Å². The molecule has 1 aromatic rings. The average molecular weight is 262 g/mol. The second-order valence-corrected chi connectivity index (χ2v) is 7.41. The Morgan fingerprint density at radius 2 is 2.00 bits per heavy atom. The predicted octanol–water partition coefficient (Wildman–Crippen LogP) is 2.59. The molecule has 0 spiro atoms. The van der Waals surface area contributed by atoms with Crippen molar-refractivity contribution in [2.75, 3.05) is 0 Å². The Labute approximate surface area is 110 Å². The lowest BCUT2D eigenvalue weighted by Crippen LogP contribution is -2.40. The van der Waals surface area contributed by atoms with E-state index in [1.165, 1.54) is 0 Å². The number of benzene rings is 1. The van der Waals surface area contributed by atoms with E-state index >= 15 is 0 Å². The van der Waals surface area contributed by atoms with Gasteiger partial charge < -0.3 is 5.11 Å². The topological polar surface area (TPSA) is 37.3 Å². The summed E-state index contributed by atoms with van der Waals surface area (Å²) in [4.78, 5) is 0. The van der Waals surface area contributed by atoms with Gasteiger partial charge in [-0.15, -0.1) is 0 Å². The summed E-state index contributed by atoms with van der Waals surface area (Å²) >= 11 is 0. The third-order valence-electron chi connectivity index (χ3n) is 4.26. The van der Waals surface area contributed by atoms with Gasteiger partial charge in [0.05, 0.1) is 5.60 Å². The van der Waals surface area contributed by atoms with E-state index in [0.29, 0.717) is 12.8 Å². The number of hydrogen-bond acceptors (Lipinski definition) is 2. The van der Waals surface area contributed by atoms with Crippen LogP contribution in [0.2, 0.25) is 0 Å². The molecule has 0 radical (unpaired) electrons. The Bertz CT molecular complexity index is 493. The standard InChI is InChI=1S/C15H18O2S/c1-2-11-4-3-5-12(8-11)15(16)9-13-6-7-14(10-15)18(13)17/h2-5,8,13-14,16H,1,6-7,9-10H2. The zero-order valence-electron chi connectivity index (χ0n) is 10.3. The first-order chi connectivity index (χ1) is 8.62. The summed E-state index contributed by atoms with van der Waals surface area (Å²) in [5, 5.41) is 11.3. The molecule has 1 N–H and O–H groups in total. The Balaban J connectivity index is 1.95. The van der Waals surface area contributed by atoms with Crippen LogP contribution in [0.5, 0.6) is 0 Å². The summed E-state index contributed by atoms with van der Waals surface area (Å²) in [5.41, 5.74) is 1.19. The van der Waals surface area contributed by atoms with E-state index < -0.39 is 16.4 Å². The van der Waals surface area contributed by atoms with Gasteiger partial charge >= 0.3 is 0 Å². The van der Waals surface area contributed by atoms with E-state index in [0.717, 1.165) is 24.0 Å². The van der Waals surface area contributed by atoms with Gasteiger partial charge in [-0.25, -0.2) is 0 Å². The third-order valence-corrected chi connectivity index (χ3v) is 6.38. The van der Waals surface area contributed by atoms with Gasteiger partial charge in [-0.2, -0.15) is 0 Å². The lowest BCUT2D eigenvalue weighted by atomic mass is 9.85. The van der Waals surface area contributed by atoms with Crippen LogP contribution in [0.3, 0.4) is 0 Å². The van der Waals surface area contributed by atoms with Crippen LogP contribution in [0.4, 0.5) is 0 Å². The molecule has 0 aromatic heterocycles. The molecule has 2 heterocycles. The van der Waals surface area contributed by atoms with Crippen molar-refractivity contribution in [1.82, 2.24) is 0 Å². The first kappa shape index (κ1) is 12.1. The molecule has 3 heteroatoms. The fourth-order valence-corrected chi connectivity index (χ4v) is 5.43. The van der Waals surface area contributed by atoms with E-state index in [1.54, 1.807) is 6.08 Å². The van der Waals surface area contributed by atoms with Gasteiger partial charge in [-0.05, 0) is 42.9 Å². The highest BCUT2D eigenvalue weighted by Crippen LogP contribution is 2.45. The first-order valence-corrected chi connectivity index (χ1v) is 7.75. The van der Waals surface area contributed by atoms with E-state index in [9.17, 15) is 9.32 Å². The molecule has 2 atom stereocenters. The lowest BCUT2D eigenvalue weighted by molar-refractivity contribution is 0.0184. The molecule has 18 heavy (non-hydrogen) atoms. The number of rotatable bonds is 2.